The second-order valence-corrected chi connectivity index (χ2v) is 6.44. The van der Waals surface area contributed by atoms with Crippen LogP contribution in [0.15, 0.2) is 24.3 Å². The smallest absolute Gasteiger partial charge is 0.253 e. The van der Waals surface area contributed by atoms with E-state index in [1.807, 2.05) is 32.0 Å². The van der Waals surface area contributed by atoms with E-state index in [2.05, 4.69) is 5.32 Å². The number of carbonyl (C=O) groups is 2. The molecule has 2 amide bonds. The Balaban J connectivity index is 0.00000288. The molecule has 134 valence electrons. The summed E-state index contributed by atoms with van der Waals surface area (Å²) in [7, 11) is 1.73. The molecule has 0 radical (unpaired) electrons. The maximum atomic E-state index is 12.6. The Hall–Kier alpha value is -1.59. The van der Waals surface area contributed by atoms with E-state index < -0.39 is 0 Å². The highest BCUT2D eigenvalue weighted by atomic mass is 35.5. The Morgan fingerprint density at radius 3 is 2.38 bits per heavy atom. The number of halogens is 1. The van der Waals surface area contributed by atoms with Gasteiger partial charge in [0.25, 0.3) is 5.91 Å². The Bertz CT molecular complexity index is 583. The van der Waals surface area contributed by atoms with Crippen LogP contribution >= 0.6 is 12.4 Å². The standard InChI is InChI=1S/C18H27N3O2.ClH/c1-4-18(19,5-2)12-20-16(22)14-8-6-7-9-15(14)21(3)17(23)13-10-11-13;/h6-9,13H,4-5,10-12,19H2,1-3H3,(H,20,22);1H. The lowest BCUT2D eigenvalue weighted by Gasteiger charge is -2.27. The maximum Gasteiger partial charge on any atom is 0.253 e. The first-order valence-corrected chi connectivity index (χ1v) is 8.35. The topological polar surface area (TPSA) is 75.4 Å². The summed E-state index contributed by atoms with van der Waals surface area (Å²) in [6.45, 7) is 4.46. The van der Waals surface area contributed by atoms with Crippen molar-refractivity contribution in [2.45, 2.75) is 45.1 Å². The monoisotopic (exact) mass is 353 g/mol. The predicted molar refractivity (Wildman–Crippen MR) is 99.7 cm³/mol. The van der Waals surface area contributed by atoms with Crippen LogP contribution in [0, 0.1) is 5.92 Å². The van der Waals surface area contributed by atoms with E-state index in [4.69, 9.17) is 5.73 Å². The van der Waals surface area contributed by atoms with Gasteiger partial charge in [0, 0.05) is 25.0 Å². The normalized spacial score (nSPS) is 13.8. The van der Waals surface area contributed by atoms with Crippen LogP contribution in [0.1, 0.15) is 49.9 Å². The van der Waals surface area contributed by atoms with E-state index in [1.54, 1.807) is 18.0 Å². The van der Waals surface area contributed by atoms with Gasteiger partial charge in [-0.1, -0.05) is 26.0 Å². The number of benzene rings is 1. The Labute approximate surface area is 150 Å². The summed E-state index contributed by atoms with van der Waals surface area (Å²) in [4.78, 5) is 26.4. The van der Waals surface area contributed by atoms with E-state index >= 15 is 0 Å². The molecule has 0 atom stereocenters. The minimum Gasteiger partial charge on any atom is -0.350 e. The summed E-state index contributed by atoms with van der Waals surface area (Å²) in [6, 6.07) is 7.21. The molecule has 1 aliphatic carbocycles. The van der Waals surface area contributed by atoms with Crippen molar-refractivity contribution < 1.29 is 9.59 Å². The molecule has 1 saturated carbocycles. The van der Waals surface area contributed by atoms with Gasteiger partial charge in [-0.05, 0) is 37.8 Å². The number of amides is 2. The molecule has 1 fully saturated rings. The zero-order valence-corrected chi connectivity index (χ0v) is 15.5. The molecule has 1 aromatic carbocycles. The van der Waals surface area contributed by atoms with E-state index in [0.29, 0.717) is 17.8 Å². The summed E-state index contributed by atoms with van der Waals surface area (Å²) in [6.07, 6.45) is 3.48. The predicted octanol–water partition coefficient (Wildman–Crippen LogP) is 2.73. The van der Waals surface area contributed by atoms with Crippen molar-refractivity contribution in [1.82, 2.24) is 5.32 Å². The number of carbonyl (C=O) groups excluding carboxylic acids is 2. The zero-order valence-electron chi connectivity index (χ0n) is 14.7. The third-order valence-electron chi connectivity index (χ3n) is 4.78. The first-order chi connectivity index (χ1) is 10.9. The van der Waals surface area contributed by atoms with Crippen molar-refractivity contribution in [3.63, 3.8) is 0 Å². The molecule has 6 heteroatoms. The molecule has 0 heterocycles. The number of hydrogen-bond donors (Lipinski definition) is 2. The van der Waals surface area contributed by atoms with Gasteiger partial charge in [-0.15, -0.1) is 12.4 Å². The molecule has 24 heavy (non-hydrogen) atoms. The average Bonchev–Trinajstić information content (AvgIpc) is 3.43. The second kappa shape index (κ2) is 8.49. The van der Waals surface area contributed by atoms with Crippen LogP contribution < -0.4 is 16.0 Å². The van der Waals surface area contributed by atoms with Crippen LogP contribution in [0.5, 0.6) is 0 Å². The second-order valence-electron chi connectivity index (χ2n) is 6.44. The Morgan fingerprint density at radius 1 is 1.25 bits per heavy atom. The molecular weight excluding hydrogens is 326 g/mol. The average molecular weight is 354 g/mol. The van der Waals surface area contributed by atoms with E-state index in [0.717, 1.165) is 25.7 Å². The van der Waals surface area contributed by atoms with Gasteiger partial charge in [0.2, 0.25) is 5.91 Å². The fourth-order valence-corrected chi connectivity index (χ4v) is 2.53. The summed E-state index contributed by atoms with van der Waals surface area (Å²) in [5, 5.41) is 2.92. The van der Waals surface area contributed by atoms with Gasteiger partial charge >= 0.3 is 0 Å². The number of rotatable bonds is 7. The van der Waals surface area contributed by atoms with Crippen LogP contribution in [0.25, 0.3) is 0 Å². The molecule has 5 nitrogen and oxygen atoms in total. The molecule has 0 spiro atoms. The van der Waals surface area contributed by atoms with E-state index in [1.165, 1.54) is 0 Å². The molecular formula is C18H28ClN3O2. The number of nitrogens with zero attached hydrogens (tertiary/aromatic N) is 1. The fourth-order valence-electron chi connectivity index (χ4n) is 2.53. The lowest BCUT2D eigenvalue weighted by molar-refractivity contribution is -0.119. The third-order valence-corrected chi connectivity index (χ3v) is 4.78. The number of para-hydroxylation sites is 1. The highest BCUT2D eigenvalue weighted by molar-refractivity contribution is 6.05. The van der Waals surface area contributed by atoms with Crippen LogP contribution in [0.2, 0.25) is 0 Å². The highest BCUT2D eigenvalue weighted by Crippen LogP contribution is 2.33. The van der Waals surface area contributed by atoms with Crippen LogP contribution in [-0.2, 0) is 4.79 Å². The molecule has 0 bridgehead atoms. The molecule has 3 N–H and O–H groups in total. The van der Waals surface area contributed by atoms with Gasteiger partial charge in [-0.2, -0.15) is 0 Å². The van der Waals surface area contributed by atoms with Crippen molar-refractivity contribution in [2.75, 3.05) is 18.5 Å². The molecule has 1 aromatic rings. The molecule has 0 aromatic heterocycles. The van der Waals surface area contributed by atoms with Gasteiger partial charge in [0.1, 0.15) is 0 Å². The van der Waals surface area contributed by atoms with Gasteiger partial charge in [0.05, 0.1) is 11.3 Å². The first kappa shape index (κ1) is 20.5. The molecule has 1 aliphatic rings. The number of hydrogen-bond acceptors (Lipinski definition) is 3. The van der Waals surface area contributed by atoms with Crippen molar-refractivity contribution >= 4 is 29.9 Å². The van der Waals surface area contributed by atoms with Crippen molar-refractivity contribution in [3.8, 4) is 0 Å². The van der Waals surface area contributed by atoms with Crippen molar-refractivity contribution in [1.29, 1.82) is 0 Å². The van der Waals surface area contributed by atoms with Crippen LogP contribution in [0.3, 0.4) is 0 Å². The van der Waals surface area contributed by atoms with Gasteiger partial charge < -0.3 is 16.0 Å². The third kappa shape index (κ3) is 4.71. The molecule has 0 saturated heterocycles. The molecule has 2 rings (SSSR count). The largest absolute Gasteiger partial charge is 0.350 e. The van der Waals surface area contributed by atoms with Crippen LogP contribution in [0.4, 0.5) is 5.69 Å². The van der Waals surface area contributed by atoms with Crippen molar-refractivity contribution in [2.24, 2.45) is 11.7 Å². The highest BCUT2D eigenvalue weighted by Gasteiger charge is 2.33. The lowest BCUT2D eigenvalue weighted by atomic mass is 9.94. The summed E-state index contributed by atoms with van der Waals surface area (Å²) in [5.41, 5.74) is 7.01. The summed E-state index contributed by atoms with van der Waals surface area (Å²) < 4.78 is 0. The van der Waals surface area contributed by atoms with E-state index in [9.17, 15) is 9.59 Å². The Morgan fingerprint density at radius 2 is 1.83 bits per heavy atom. The van der Waals surface area contributed by atoms with Crippen molar-refractivity contribution in [3.05, 3.63) is 29.8 Å². The molecule has 0 aliphatic heterocycles. The van der Waals surface area contributed by atoms with Gasteiger partial charge in [-0.3, -0.25) is 9.59 Å². The summed E-state index contributed by atoms with van der Waals surface area (Å²) >= 11 is 0. The Kier molecular flexibility index (Phi) is 7.24. The molecule has 0 unspecified atom stereocenters. The van der Waals surface area contributed by atoms with Gasteiger partial charge in [-0.25, -0.2) is 0 Å². The quantitative estimate of drug-likeness (QED) is 0.791. The van der Waals surface area contributed by atoms with Gasteiger partial charge in [0.15, 0.2) is 0 Å². The number of nitrogens with two attached hydrogens (primary N) is 1. The SMILES string of the molecule is CCC(N)(CC)CNC(=O)c1ccccc1N(C)C(=O)C1CC1.Cl. The minimum atomic E-state index is -0.389. The maximum absolute atomic E-state index is 12.6. The fraction of sp³-hybridized carbons (Fsp3) is 0.556. The lowest BCUT2D eigenvalue weighted by Crippen LogP contribution is -2.49. The number of anilines is 1. The van der Waals surface area contributed by atoms with E-state index in [-0.39, 0.29) is 35.7 Å². The van der Waals surface area contributed by atoms with Crippen LogP contribution in [-0.4, -0.2) is 30.9 Å². The summed E-state index contributed by atoms with van der Waals surface area (Å²) in [5.74, 6) is 0.0151. The minimum absolute atomic E-state index is 0. The zero-order chi connectivity index (χ0) is 17.0. The number of nitrogens with one attached hydrogen (secondary N) is 1. The first-order valence-electron chi connectivity index (χ1n) is 8.35.